The molecule has 0 heterocycles. The van der Waals surface area contributed by atoms with Crippen LogP contribution in [0.15, 0.2) is 65.6 Å². The Kier molecular flexibility index (Phi) is 7.93. The van der Waals surface area contributed by atoms with Crippen LogP contribution >= 0.6 is 11.8 Å². The van der Waals surface area contributed by atoms with Gasteiger partial charge in [-0.05, 0) is 80.4 Å². The van der Waals surface area contributed by atoms with Gasteiger partial charge in [0.1, 0.15) is 0 Å². The fourth-order valence-electron chi connectivity index (χ4n) is 3.45. The third-order valence-electron chi connectivity index (χ3n) is 5.00. The largest absolute Gasteiger partial charge is 0.478 e. The molecule has 0 aliphatic rings. The lowest BCUT2D eigenvalue weighted by Gasteiger charge is -2.14. The number of thioether (sulfide) groups is 1. The van der Waals surface area contributed by atoms with Crippen molar-refractivity contribution < 1.29 is 29.4 Å². The van der Waals surface area contributed by atoms with E-state index in [0.29, 0.717) is 5.69 Å². The zero-order valence-corrected chi connectivity index (χ0v) is 20.1. The number of aryl methyl sites for hydroxylation is 2. The lowest BCUT2D eigenvalue weighted by atomic mass is 10.0. The molecule has 35 heavy (non-hydrogen) atoms. The number of hydrogen-bond donors (Lipinski definition) is 4. The second-order valence-electron chi connectivity index (χ2n) is 7.98. The number of carboxylic acid groups (broad SMARTS) is 2. The Morgan fingerprint density at radius 3 is 2.09 bits per heavy atom. The monoisotopic (exact) mass is 492 g/mol. The Labute approximate surface area is 206 Å². The summed E-state index contributed by atoms with van der Waals surface area (Å²) in [6.07, 6.45) is 0. The van der Waals surface area contributed by atoms with E-state index >= 15 is 0 Å². The van der Waals surface area contributed by atoms with E-state index in [1.54, 1.807) is 31.2 Å². The van der Waals surface area contributed by atoms with Crippen molar-refractivity contribution in [3.8, 4) is 0 Å². The van der Waals surface area contributed by atoms with Gasteiger partial charge in [0.15, 0.2) is 0 Å². The molecule has 9 heteroatoms. The first-order valence-corrected chi connectivity index (χ1v) is 11.5. The van der Waals surface area contributed by atoms with Crippen LogP contribution in [0.3, 0.4) is 0 Å². The van der Waals surface area contributed by atoms with Crippen LogP contribution in [0, 0.1) is 13.8 Å². The molecule has 3 rings (SSSR count). The maximum absolute atomic E-state index is 12.7. The van der Waals surface area contributed by atoms with E-state index in [9.17, 15) is 24.3 Å². The molecule has 0 saturated heterocycles. The third kappa shape index (κ3) is 6.70. The molecule has 4 N–H and O–H groups in total. The van der Waals surface area contributed by atoms with Gasteiger partial charge in [0.25, 0.3) is 5.91 Å². The van der Waals surface area contributed by atoms with Crippen LogP contribution in [0.25, 0.3) is 0 Å². The van der Waals surface area contributed by atoms with Gasteiger partial charge in [-0.2, -0.15) is 0 Å². The quantitative estimate of drug-likeness (QED) is 0.323. The van der Waals surface area contributed by atoms with Gasteiger partial charge in [-0.3, -0.25) is 9.59 Å². The fourth-order valence-corrected chi connectivity index (χ4v) is 4.37. The van der Waals surface area contributed by atoms with Gasteiger partial charge in [-0.1, -0.05) is 12.1 Å². The Hall–Kier alpha value is -4.11. The van der Waals surface area contributed by atoms with E-state index in [1.807, 2.05) is 32.0 Å². The zero-order chi connectivity index (χ0) is 25.7. The average molecular weight is 493 g/mol. The van der Waals surface area contributed by atoms with Gasteiger partial charge >= 0.3 is 11.9 Å². The molecule has 8 nitrogen and oxygen atoms in total. The zero-order valence-electron chi connectivity index (χ0n) is 19.3. The Morgan fingerprint density at radius 1 is 0.771 bits per heavy atom. The van der Waals surface area contributed by atoms with Crippen molar-refractivity contribution in [2.45, 2.75) is 30.9 Å². The van der Waals surface area contributed by atoms with Crippen LogP contribution in [-0.2, 0) is 4.79 Å². The molecule has 2 amide bonds. The minimum atomic E-state index is -1.41. The number of carboxylic acids is 2. The molecule has 1 unspecified atom stereocenters. The molecule has 0 aliphatic heterocycles. The van der Waals surface area contributed by atoms with E-state index in [2.05, 4.69) is 10.6 Å². The topological polar surface area (TPSA) is 133 Å². The van der Waals surface area contributed by atoms with Crippen molar-refractivity contribution in [2.75, 3.05) is 10.6 Å². The van der Waals surface area contributed by atoms with Gasteiger partial charge in [0.2, 0.25) is 5.91 Å². The highest BCUT2D eigenvalue weighted by Crippen LogP contribution is 2.27. The Morgan fingerprint density at radius 2 is 1.46 bits per heavy atom. The van der Waals surface area contributed by atoms with E-state index in [1.165, 1.54) is 23.9 Å². The van der Waals surface area contributed by atoms with Crippen LogP contribution in [0.5, 0.6) is 0 Å². The maximum Gasteiger partial charge on any atom is 0.336 e. The summed E-state index contributed by atoms with van der Waals surface area (Å²) in [6, 6.07) is 15.9. The average Bonchev–Trinajstić information content (AvgIpc) is 2.78. The summed E-state index contributed by atoms with van der Waals surface area (Å²) in [5, 5.41) is 23.6. The normalized spacial score (nSPS) is 11.4. The number of hydrogen-bond acceptors (Lipinski definition) is 5. The molecule has 3 aromatic carbocycles. The summed E-state index contributed by atoms with van der Waals surface area (Å²) < 4.78 is 0. The SMILES string of the molecule is Cc1cc(C)cc(NC(=O)C(C)Sc2cccc(NC(=O)c3ccc(C(=O)O)cc3C(=O)O)c2)c1. The molecule has 0 saturated carbocycles. The lowest BCUT2D eigenvalue weighted by molar-refractivity contribution is -0.115. The second kappa shape index (κ2) is 10.9. The van der Waals surface area contributed by atoms with Gasteiger partial charge in [-0.25, -0.2) is 9.59 Å². The summed E-state index contributed by atoms with van der Waals surface area (Å²) >= 11 is 1.31. The van der Waals surface area contributed by atoms with Gasteiger partial charge in [0, 0.05) is 16.3 Å². The van der Waals surface area contributed by atoms with Crippen LogP contribution in [-0.4, -0.2) is 39.2 Å². The molecule has 1 atom stereocenters. The lowest BCUT2D eigenvalue weighted by Crippen LogP contribution is -2.22. The van der Waals surface area contributed by atoms with Crippen molar-refractivity contribution in [3.05, 3.63) is 88.5 Å². The number of rotatable bonds is 8. The smallest absolute Gasteiger partial charge is 0.336 e. The number of carbonyl (C=O) groups excluding carboxylic acids is 2. The Balaban J connectivity index is 1.71. The van der Waals surface area contributed by atoms with Gasteiger partial charge < -0.3 is 20.8 Å². The summed E-state index contributed by atoms with van der Waals surface area (Å²) in [5.74, 6) is -3.56. The van der Waals surface area contributed by atoms with Crippen molar-refractivity contribution in [2.24, 2.45) is 0 Å². The number of benzene rings is 3. The molecule has 0 fully saturated rings. The van der Waals surface area contributed by atoms with Gasteiger partial charge in [-0.15, -0.1) is 11.8 Å². The molecule has 0 radical (unpaired) electrons. The highest BCUT2D eigenvalue weighted by atomic mass is 32.2. The number of nitrogens with one attached hydrogen (secondary N) is 2. The highest BCUT2D eigenvalue weighted by Gasteiger charge is 2.20. The van der Waals surface area contributed by atoms with Crippen LogP contribution in [0.2, 0.25) is 0 Å². The second-order valence-corrected chi connectivity index (χ2v) is 9.39. The fraction of sp³-hybridized carbons (Fsp3) is 0.154. The van der Waals surface area contributed by atoms with E-state index in [-0.39, 0.29) is 17.0 Å². The summed E-state index contributed by atoms with van der Waals surface area (Å²) in [4.78, 5) is 48.8. The van der Waals surface area contributed by atoms with E-state index in [4.69, 9.17) is 5.11 Å². The van der Waals surface area contributed by atoms with Crippen molar-refractivity contribution in [1.82, 2.24) is 0 Å². The molecule has 180 valence electrons. The molecular formula is C26H24N2O6S. The van der Waals surface area contributed by atoms with E-state index < -0.39 is 28.7 Å². The number of aromatic carboxylic acids is 2. The molecule has 0 bridgehead atoms. The van der Waals surface area contributed by atoms with Gasteiger partial charge in [0.05, 0.1) is 21.9 Å². The van der Waals surface area contributed by atoms with Crippen molar-refractivity contribution >= 4 is 46.9 Å². The first kappa shape index (κ1) is 25.5. The maximum atomic E-state index is 12.7. The first-order chi connectivity index (χ1) is 16.5. The summed E-state index contributed by atoms with van der Waals surface area (Å²) in [7, 11) is 0. The number of amides is 2. The van der Waals surface area contributed by atoms with Crippen LogP contribution < -0.4 is 10.6 Å². The molecule has 0 aromatic heterocycles. The van der Waals surface area contributed by atoms with Crippen LogP contribution in [0.1, 0.15) is 49.1 Å². The highest BCUT2D eigenvalue weighted by molar-refractivity contribution is 8.00. The summed E-state index contributed by atoms with van der Waals surface area (Å²) in [5.41, 5.74) is 2.42. The predicted molar refractivity (Wildman–Crippen MR) is 135 cm³/mol. The standard InChI is InChI=1S/C26H24N2O6S/c1-14-9-15(2)11-19(10-14)28-23(29)16(3)35-20-6-4-5-18(13-20)27-24(30)21-8-7-17(25(31)32)12-22(21)26(33)34/h4-13,16H,1-3H3,(H,27,30)(H,28,29)(H,31,32)(H,33,34). The Bertz CT molecular complexity index is 1300. The van der Waals surface area contributed by atoms with Crippen molar-refractivity contribution in [1.29, 1.82) is 0 Å². The molecular weight excluding hydrogens is 468 g/mol. The van der Waals surface area contributed by atoms with Crippen LogP contribution in [0.4, 0.5) is 11.4 Å². The third-order valence-corrected chi connectivity index (χ3v) is 6.10. The molecule has 0 spiro atoms. The molecule has 0 aliphatic carbocycles. The minimum absolute atomic E-state index is 0.165. The number of anilines is 2. The predicted octanol–water partition coefficient (Wildman–Crippen LogP) is 5.07. The minimum Gasteiger partial charge on any atom is -0.478 e. The number of carbonyl (C=O) groups is 4. The van der Waals surface area contributed by atoms with Crippen molar-refractivity contribution in [3.63, 3.8) is 0 Å². The first-order valence-electron chi connectivity index (χ1n) is 10.6. The summed E-state index contributed by atoms with van der Waals surface area (Å²) in [6.45, 7) is 5.69. The van der Waals surface area contributed by atoms with E-state index in [0.717, 1.165) is 27.8 Å². The molecule has 3 aromatic rings.